The van der Waals surface area contributed by atoms with Crippen LogP contribution in [0.5, 0.6) is 0 Å². The van der Waals surface area contributed by atoms with Crippen molar-refractivity contribution >= 4 is 40.4 Å². The molecule has 0 N–H and O–H groups in total. The molecule has 1 unspecified atom stereocenters. The zero-order valence-corrected chi connectivity index (χ0v) is 20.4. The third-order valence-electron chi connectivity index (χ3n) is 5.54. The zero-order chi connectivity index (χ0) is 26.8. The molecule has 0 heterocycles. The van der Waals surface area contributed by atoms with Gasteiger partial charge in [0, 0.05) is 31.7 Å². The topological polar surface area (TPSA) is 122 Å². The van der Waals surface area contributed by atoms with E-state index in [1.807, 2.05) is 30.3 Å². The van der Waals surface area contributed by atoms with E-state index in [-0.39, 0.29) is 12.2 Å². The van der Waals surface area contributed by atoms with Crippen molar-refractivity contribution in [3.8, 4) is 0 Å². The summed E-state index contributed by atoms with van der Waals surface area (Å²) in [5.41, 5.74) is 0.912. The van der Waals surface area contributed by atoms with Crippen molar-refractivity contribution in [3.05, 3.63) is 83.9 Å². The quantitative estimate of drug-likeness (QED) is 0.165. The molecular formula is C28H26O9. The largest absolute Gasteiger partial charge is 0.428 e. The van der Waals surface area contributed by atoms with Crippen molar-refractivity contribution in [3.63, 3.8) is 0 Å². The molecule has 37 heavy (non-hydrogen) atoms. The lowest BCUT2D eigenvalue weighted by Crippen LogP contribution is -2.35. The van der Waals surface area contributed by atoms with Gasteiger partial charge in [-0.3, -0.25) is 24.0 Å². The van der Waals surface area contributed by atoms with Gasteiger partial charge in [0.1, 0.15) is 0 Å². The minimum atomic E-state index is -1.61. The Bertz CT molecular complexity index is 1250. The molecule has 0 spiro atoms. The van der Waals surface area contributed by atoms with Crippen molar-refractivity contribution in [1.82, 2.24) is 0 Å². The highest BCUT2D eigenvalue weighted by atomic mass is 16.7. The molecule has 0 aromatic heterocycles. The van der Waals surface area contributed by atoms with Crippen LogP contribution < -0.4 is 0 Å². The van der Waals surface area contributed by atoms with Crippen LogP contribution in [0.25, 0.3) is 10.8 Å². The van der Waals surface area contributed by atoms with Crippen molar-refractivity contribution in [2.24, 2.45) is 5.92 Å². The second-order valence-corrected chi connectivity index (χ2v) is 8.12. The molecule has 3 rings (SSSR count). The fraction of sp³-hybridized carbons (Fsp3) is 0.250. The van der Waals surface area contributed by atoms with Gasteiger partial charge in [0.05, 0.1) is 0 Å². The van der Waals surface area contributed by atoms with E-state index in [4.69, 9.17) is 9.47 Å². The molecule has 0 bridgehead atoms. The number of carbonyl (C=O) groups excluding carboxylic acids is 5. The maximum absolute atomic E-state index is 13.4. The lowest BCUT2D eigenvalue weighted by Gasteiger charge is -2.24. The van der Waals surface area contributed by atoms with Crippen LogP contribution in [0.4, 0.5) is 0 Å². The third-order valence-corrected chi connectivity index (χ3v) is 5.54. The summed E-state index contributed by atoms with van der Waals surface area (Å²) in [5, 5.41) is 1.82. The standard InChI is InChI=1S/C28H26O9/c1-18(29)34-16-36-27(32)26(28(33)37-17-35-19(2)30)24(21-9-4-3-5-10-21)15-25(31)23-13-12-20-8-6-7-11-22(20)14-23/h3-14,24,26H,15-17H2,1-2H3. The first-order valence-corrected chi connectivity index (χ1v) is 11.4. The number of rotatable bonds is 11. The molecule has 0 amide bonds. The summed E-state index contributed by atoms with van der Waals surface area (Å²) < 4.78 is 19.3. The lowest BCUT2D eigenvalue weighted by atomic mass is 9.81. The van der Waals surface area contributed by atoms with Crippen LogP contribution in [0.3, 0.4) is 0 Å². The number of ether oxygens (including phenoxy) is 4. The molecule has 0 saturated carbocycles. The molecule has 3 aromatic carbocycles. The molecule has 0 aliphatic heterocycles. The molecule has 0 saturated heterocycles. The average Bonchev–Trinajstić information content (AvgIpc) is 2.88. The average molecular weight is 507 g/mol. The minimum Gasteiger partial charge on any atom is -0.428 e. The van der Waals surface area contributed by atoms with Gasteiger partial charge in [-0.2, -0.15) is 0 Å². The fourth-order valence-electron chi connectivity index (χ4n) is 3.75. The lowest BCUT2D eigenvalue weighted by molar-refractivity contribution is -0.179. The predicted octanol–water partition coefficient (Wildman–Crippen LogP) is 3.94. The van der Waals surface area contributed by atoms with Crippen molar-refractivity contribution in [2.45, 2.75) is 26.2 Å². The number of esters is 4. The van der Waals surface area contributed by atoms with Gasteiger partial charge in [-0.25, -0.2) is 0 Å². The number of carbonyl (C=O) groups is 5. The van der Waals surface area contributed by atoms with Crippen molar-refractivity contribution in [1.29, 1.82) is 0 Å². The fourth-order valence-corrected chi connectivity index (χ4v) is 3.75. The van der Waals surface area contributed by atoms with Gasteiger partial charge in [0.2, 0.25) is 13.6 Å². The second kappa shape index (κ2) is 13.0. The summed E-state index contributed by atoms with van der Waals surface area (Å²) >= 11 is 0. The highest BCUT2D eigenvalue weighted by Gasteiger charge is 2.40. The van der Waals surface area contributed by atoms with Gasteiger partial charge in [0.15, 0.2) is 11.7 Å². The van der Waals surface area contributed by atoms with Gasteiger partial charge in [-0.1, -0.05) is 66.7 Å². The smallest absolute Gasteiger partial charge is 0.323 e. The van der Waals surface area contributed by atoms with Gasteiger partial charge >= 0.3 is 23.9 Å². The van der Waals surface area contributed by atoms with E-state index < -0.39 is 49.3 Å². The Hall–Kier alpha value is -4.53. The molecule has 0 aliphatic carbocycles. The number of benzene rings is 3. The van der Waals surface area contributed by atoms with E-state index in [0.29, 0.717) is 11.1 Å². The Kier molecular flexibility index (Phi) is 9.48. The Labute approximate surface area is 213 Å². The minimum absolute atomic E-state index is 0.238. The summed E-state index contributed by atoms with van der Waals surface area (Å²) in [5.74, 6) is -6.41. The summed E-state index contributed by atoms with van der Waals surface area (Å²) in [4.78, 5) is 61.6. The number of hydrogen-bond acceptors (Lipinski definition) is 9. The number of fused-ring (bicyclic) bond motifs is 1. The van der Waals surface area contributed by atoms with Crippen LogP contribution in [0, 0.1) is 5.92 Å². The number of Topliss-reactive ketones (excluding diaryl/α,β-unsaturated/α-hetero) is 1. The van der Waals surface area contributed by atoms with Crippen LogP contribution in [0.2, 0.25) is 0 Å². The molecule has 1 atom stereocenters. The van der Waals surface area contributed by atoms with E-state index in [0.717, 1.165) is 24.6 Å². The monoisotopic (exact) mass is 506 g/mol. The van der Waals surface area contributed by atoms with E-state index in [9.17, 15) is 24.0 Å². The van der Waals surface area contributed by atoms with Crippen LogP contribution in [0.1, 0.15) is 42.1 Å². The first kappa shape index (κ1) is 27.1. The molecular weight excluding hydrogens is 480 g/mol. The normalized spacial score (nSPS) is 11.4. The van der Waals surface area contributed by atoms with Gasteiger partial charge in [-0.05, 0) is 22.4 Å². The molecule has 3 aromatic rings. The van der Waals surface area contributed by atoms with Crippen molar-refractivity contribution in [2.75, 3.05) is 13.6 Å². The third kappa shape index (κ3) is 7.73. The first-order valence-electron chi connectivity index (χ1n) is 11.4. The molecule has 9 heteroatoms. The molecule has 0 aliphatic rings. The molecule has 0 radical (unpaired) electrons. The Morgan fingerprint density at radius 3 is 1.76 bits per heavy atom. The molecule has 192 valence electrons. The number of ketones is 1. The maximum atomic E-state index is 13.4. The summed E-state index contributed by atoms with van der Waals surface area (Å²) in [6, 6.07) is 21.3. The Morgan fingerprint density at radius 2 is 1.19 bits per heavy atom. The predicted molar refractivity (Wildman–Crippen MR) is 131 cm³/mol. The van der Waals surface area contributed by atoms with E-state index in [1.165, 1.54) is 0 Å². The van der Waals surface area contributed by atoms with Crippen LogP contribution in [0.15, 0.2) is 72.8 Å². The summed E-state index contributed by atoms with van der Waals surface area (Å²) in [6.45, 7) is 0.825. The highest BCUT2D eigenvalue weighted by Crippen LogP contribution is 2.32. The van der Waals surface area contributed by atoms with E-state index in [1.54, 1.807) is 42.5 Å². The van der Waals surface area contributed by atoms with E-state index in [2.05, 4.69) is 9.47 Å². The molecule has 0 fully saturated rings. The zero-order valence-electron chi connectivity index (χ0n) is 20.4. The van der Waals surface area contributed by atoms with Crippen molar-refractivity contribution < 1.29 is 42.9 Å². The summed E-state index contributed by atoms with van der Waals surface area (Å²) in [7, 11) is 0. The number of hydrogen-bond donors (Lipinski definition) is 0. The molecule has 9 nitrogen and oxygen atoms in total. The Morgan fingerprint density at radius 1 is 0.649 bits per heavy atom. The SMILES string of the molecule is CC(=O)OCOC(=O)C(C(=O)OCOC(C)=O)C(CC(=O)c1ccc2ccccc2c1)c1ccccc1. The van der Waals surface area contributed by atoms with E-state index >= 15 is 0 Å². The maximum Gasteiger partial charge on any atom is 0.323 e. The van der Waals surface area contributed by atoms with Gasteiger partial charge in [0.25, 0.3) is 0 Å². The second-order valence-electron chi connectivity index (χ2n) is 8.12. The van der Waals surface area contributed by atoms with Gasteiger partial charge < -0.3 is 18.9 Å². The van der Waals surface area contributed by atoms with Crippen LogP contribution in [-0.2, 0) is 38.1 Å². The van der Waals surface area contributed by atoms with Crippen LogP contribution >= 0.6 is 0 Å². The first-order chi connectivity index (χ1) is 17.8. The van der Waals surface area contributed by atoms with Gasteiger partial charge in [-0.15, -0.1) is 0 Å². The summed E-state index contributed by atoms with van der Waals surface area (Å²) in [6.07, 6.45) is -0.238. The highest BCUT2D eigenvalue weighted by molar-refractivity contribution is 6.02. The van der Waals surface area contributed by atoms with Crippen LogP contribution in [-0.4, -0.2) is 43.2 Å². The Balaban J connectivity index is 1.93.